The van der Waals surface area contributed by atoms with Gasteiger partial charge in [0, 0.05) is 25.2 Å². The first kappa shape index (κ1) is 39.0. The van der Waals surface area contributed by atoms with Crippen LogP contribution in [-0.4, -0.2) is 118 Å². The molecule has 3 atom stereocenters. The largest absolute Gasteiger partial charge is 0.377 e. The standard InChI is InChI=1S/C14H21N3O3S2.C10H14ClN3OS.C4H8O2S.CH4/c1-10-9-20-6-5-17(10)13-8-11(15-14(16-13)21-2)12-4-3-7-22(12,18)19;1-7-6-15-4-3-14(7)9-5-8(11)12-10(13-9)16-2;5-7(6)3-1-2-4-7;/h8,10,12H,3-7,9H2,1-2H3;5,7H,3-4,6H2,1-2H3;1-4H2;1H4/t10-,12?;7-;;/m11../s1. The van der Waals surface area contributed by atoms with Crippen molar-refractivity contribution < 1.29 is 26.3 Å². The van der Waals surface area contributed by atoms with Gasteiger partial charge in [-0.05, 0) is 52.0 Å². The Morgan fingerprint density at radius 1 is 0.783 bits per heavy atom. The molecule has 0 N–H and O–H groups in total. The van der Waals surface area contributed by atoms with E-state index >= 15 is 0 Å². The summed E-state index contributed by atoms with van der Waals surface area (Å²) in [5.74, 6) is 2.81. The van der Waals surface area contributed by atoms with Gasteiger partial charge in [-0.2, -0.15) is 0 Å². The number of anilines is 2. The zero-order valence-corrected chi connectivity index (χ0v) is 30.2. The Hall–Kier alpha value is -1.43. The fourth-order valence-electron chi connectivity index (χ4n) is 5.46. The van der Waals surface area contributed by atoms with Crippen LogP contribution < -0.4 is 9.80 Å². The number of nitrogens with zero attached hydrogens (tertiary/aromatic N) is 6. The Labute approximate surface area is 288 Å². The number of hydrogen-bond acceptors (Lipinski definition) is 14. The number of halogens is 1. The molecule has 2 aromatic rings. The Kier molecular flexibility index (Phi) is 15.1. The van der Waals surface area contributed by atoms with E-state index in [4.69, 9.17) is 21.1 Å². The van der Waals surface area contributed by atoms with Crippen LogP contribution in [0.3, 0.4) is 0 Å². The minimum absolute atomic E-state index is 0. The van der Waals surface area contributed by atoms with Crippen LogP contribution in [0.25, 0.3) is 0 Å². The molecule has 0 aromatic carbocycles. The Balaban J connectivity index is 0.000000210. The van der Waals surface area contributed by atoms with Gasteiger partial charge in [0.15, 0.2) is 20.2 Å². The van der Waals surface area contributed by atoms with Crippen molar-refractivity contribution in [3.8, 4) is 0 Å². The third-order valence-corrected chi connectivity index (χ3v) is 13.2. The number of rotatable bonds is 5. The molecule has 0 bridgehead atoms. The average Bonchev–Trinajstić information content (AvgIpc) is 3.60. The molecule has 46 heavy (non-hydrogen) atoms. The van der Waals surface area contributed by atoms with Crippen molar-refractivity contribution in [2.24, 2.45) is 0 Å². The van der Waals surface area contributed by atoms with E-state index in [1.165, 1.54) is 23.5 Å². The van der Waals surface area contributed by atoms with Gasteiger partial charge in [0.05, 0.1) is 61.5 Å². The molecule has 0 amide bonds. The van der Waals surface area contributed by atoms with Gasteiger partial charge in [0.25, 0.3) is 0 Å². The van der Waals surface area contributed by atoms with Crippen LogP contribution >= 0.6 is 35.1 Å². The molecular formula is C29H47ClN6O6S4. The number of sulfone groups is 2. The molecule has 4 aliphatic rings. The number of thioether (sulfide) groups is 2. The van der Waals surface area contributed by atoms with E-state index in [9.17, 15) is 16.8 Å². The molecule has 12 nitrogen and oxygen atoms in total. The van der Waals surface area contributed by atoms with Crippen molar-refractivity contribution in [1.82, 2.24) is 19.9 Å². The minimum Gasteiger partial charge on any atom is -0.377 e. The van der Waals surface area contributed by atoms with Crippen molar-refractivity contribution in [3.63, 3.8) is 0 Å². The molecular weight excluding hydrogens is 692 g/mol. The first-order chi connectivity index (χ1) is 21.4. The van der Waals surface area contributed by atoms with Crippen LogP contribution in [0, 0.1) is 0 Å². The van der Waals surface area contributed by atoms with Crippen LogP contribution in [-0.2, 0) is 29.1 Å². The van der Waals surface area contributed by atoms with Gasteiger partial charge in [0.1, 0.15) is 31.9 Å². The maximum atomic E-state index is 12.2. The van der Waals surface area contributed by atoms with Gasteiger partial charge < -0.3 is 19.3 Å². The molecule has 4 fully saturated rings. The first-order valence-electron chi connectivity index (χ1n) is 15.0. The first-order valence-corrected chi connectivity index (χ1v) is 21.4. The topological polar surface area (TPSA) is 145 Å². The number of ether oxygens (including phenoxy) is 2. The molecule has 0 radical (unpaired) electrons. The maximum Gasteiger partial charge on any atom is 0.190 e. The predicted octanol–water partition coefficient (Wildman–Crippen LogP) is 4.58. The highest BCUT2D eigenvalue weighted by atomic mass is 35.5. The predicted molar refractivity (Wildman–Crippen MR) is 188 cm³/mol. The number of aromatic nitrogens is 4. The molecule has 2 aromatic heterocycles. The third kappa shape index (κ3) is 10.8. The summed E-state index contributed by atoms with van der Waals surface area (Å²) < 4.78 is 56.2. The summed E-state index contributed by atoms with van der Waals surface area (Å²) in [5.41, 5.74) is 0.644. The minimum atomic E-state index is -3.07. The monoisotopic (exact) mass is 738 g/mol. The van der Waals surface area contributed by atoms with E-state index in [0.29, 0.717) is 58.3 Å². The van der Waals surface area contributed by atoms with Crippen LogP contribution in [0.2, 0.25) is 5.15 Å². The van der Waals surface area contributed by atoms with E-state index < -0.39 is 24.9 Å². The molecule has 4 saturated heterocycles. The summed E-state index contributed by atoms with van der Waals surface area (Å²) in [6, 6.07) is 4.22. The molecule has 0 saturated carbocycles. The second kappa shape index (κ2) is 17.8. The van der Waals surface area contributed by atoms with Crippen LogP contribution in [0.15, 0.2) is 22.4 Å². The van der Waals surface area contributed by atoms with Crippen molar-refractivity contribution in [2.45, 2.75) is 74.6 Å². The van der Waals surface area contributed by atoms with E-state index in [1.54, 1.807) is 0 Å². The average molecular weight is 739 g/mol. The van der Waals surface area contributed by atoms with Crippen molar-refractivity contribution in [3.05, 3.63) is 23.0 Å². The smallest absolute Gasteiger partial charge is 0.190 e. The van der Waals surface area contributed by atoms with Gasteiger partial charge >= 0.3 is 0 Å². The molecule has 6 heterocycles. The summed E-state index contributed by atoms with van der Waals surface area (Å²) in [5, 5.41) is 1.36. The van der Waals surface area contributed by atoms with Crippen molar-refractivity contribution >= 4 is 66.4 Å². The third-order valence-electron chi connectivity index (χ3n) is 7.88. The summed E-state index contributed by atoms with van der Waals surface area (Å²) in [4.78, 5) is 22.0. The highest BCUT2D eigenvalue weighted by molar-refractivity contribution is 7.98. The van der Waals surface area contributed by atoms with Gasteiger partial charge in [-0.1, -0.05) is 42.6 Å². The van der Waals surface area contributed by atoms with Crippen molar-refractivity contribution in [2.75, 3.05) is 79.1 Å². The number of morpholine rings is 2. The highest BCUT2D eigenvalue weighted by Gasteiger charge is 2.35. The zero-order chi connectivity index (χ0) is 32.6. The van der Waals surface area contributed by atoms with Crippen LogP contribution in [0.4, 0.5) is 11.6 Å². The van der Waals surface area contributed by atoms with Crippen LogP contribution in [0.1, 0.15) is 57.9 Å². The second-order valence-corrected chi connectivity index (χ2v) is 17.8. The summed E-state index contributed by atoms with van der Waals surface area (Å²) in [6.45, 7) is 8.62. The molecule has 0 aliphatic carbocycles. The Morgan fingerprint density at radius 2 is 1.30 bits per heavy atom. The van der Waals surface area contributed by atoms with E-state index in [1.807, 2.05) is 24.6 Å². The fourth-order valence-corrected chi connectivity index (χ4v) is 9.81. The summed E-state index contributed by atoms with van der Waals surface area (Å²) in [7, 11) is -5.62. The lowest BCUT2D eigenvalue weighted by molar-refractivity contribution is 0.0984. The summed E-state index contributed by atoms with van der Waals surface area (Å²) in [6.07, 6.45) is 6.98. The van der Waals surface area contributed by atoms with Gasteiger partial charge in [0.2, 0.25) is 0 Å². The Morgan fingerprint density at radius 3 is 1.74 bits per heavy atom. The van der Waals surface area contributed by atoms with Crippen LogP contribution in [0.5, 0.6) is 0 Å². The lowest BCUT2D eigenvalue weighted by Crippen LogP contribution is -2.44. The van der Waals surface area contributed by atoms with Gasteiger partial charge in [-0.25, -0.2) is 36.8 Å². The molecule has 6 rings (SSSR count). The lowest BCUT2D eigenvalue weighted by atomic mass is 10.2. The highest BCUT2D eigenvalue weighted by Crippen LogP contribution is 2.35. The normalized spacial score (nSPS) is 25.0. The maximum absolute atomic E-state index is 12.2. The zero-order valence-electron chi connectivity index (χ0n) is 26.2. The van der Waals surface area contributed by atoms with Gasteiger partial charge in [-0.3, -0.25) is 0 Å². The lowest BCUT2D eigenvalue weighted by Gasteiger charge is -2.34. The van der Waals surface area contributed by atoms with E-state index in [2.05, 4.69) is 43.6 Å². The molecule has 260 valence electrons. The fraction of sp³-hybridized carbons (Fsp3) is 0.724. The Bertz CT molecular complexity index is 1490. The molecule has 1 unspecified atom stereocenters. The van der Waals surface area contributed by atoms with Crippen molar-refractivity contribution in [1.29, 1.82) is 0 Å². The van der Waals surface area contributed by atoms with E-state index in [0.717, 1.165) is 57.2 Å². The van der Waals surface area contributed by atoms with E-state index in [-0.39, 0.29) is 19.2 Å². The molecule has 4 aliphatic heterocycles. The second-order valence-electron chi connectivity index (χ2n) is 11.3. The number of hydrogen-bond donors (Lipinski definition) is 0. The SMILES string of the molecule is C.CSc1nc(C2CCCS2(=O)=O)cc(N2CCOC[C@H]2C)n1.CSc1nc(Cl)cc(N2CCOC[C@H]2C)n1.O=S1(=O)CCCC1. The summed E-state index contributed by atoms with van der Waals surface area (Å²) >= 11 is 8.92. The molecule has 17 heteroatoms. The quantitative estimate of drug-likeness (QED) is 0.240. The molecule has 0 spiro atoms. The van der Waals surface area contributed by atoms with Gasteiger partial charge in [-0.15, -0.1) is 0 Å².